The van der Waals surface area contributed by atoms with Crippen molar-refractivity contribution in [1.29, 1.82) is 0 Å². The van der Waals surface area contributed by atoms with Crippen molar-refractivity contribution in [1.82, 2.24) is 5.32 Å². The van der Waals surface area contributed by atoms with E-state index in [2.05, 4.69) is 5.32 Å². The number of carbonyl (C=O) groups is 3. The zero-order chi connectivity index (χ0) is 21.5. The molecule has 0 amide bonds. The molecule has 0 aromatic heterocycles. The summed E-state index contributed by atoms with van der Waals surface area (Å²) in [6.07, 6.45) is 0.157. The van der Waals surface area contributed by atoms with Gasteiger partial charge in [-0.2, -0.15) is 0 Å². The normalized spacial score (nSPS) is 27.5. The molecular weight excluding hydrogens is 410 g/mol. The summed E-state index contributed by atoms with van der Waals surface area (Å²) in [7, 11) is 2.76. The lowest BCUT2D eigenvalue weighted by Gasteiger charge is -2.31. The van der Waals surface area contributed by atoms with Crippen molar-refractivity contribution >= 4 is 29.5 Å². The van der Waals surface area contributed by atoms with Gasteiger partial charge in [0, 0.05) is 12.5 Å². The molecule has 2 saturated heterocycles. The van der Waals surface area contributed by atoms with Crippen LogP contribution < -0.4 is 10.1 Å². The first-order valence-corrected chi connectivity index (χ1v) is 9.78. The molecule has 2 aromatic carbocycles. The van der Waals surface area contributed by atoms with E-state index < -0.39 is 41.3 Å². The van der Waals surface area contributed by atoms with Gasteiger partial charge >= 0.3 is 17.9 Å². The second-order valence-corrected chi connectivity index (χ2v) is 7.79. The van der Waals surface area contributed by atoms with Gasteiger partial charge in [-0.25, -0.2) is 0 Å². The number of nitrogens with one attached hydrogen (secondary N) is 1. The number of hydrogen-bond acceptors (Lipinski definition) is 7. The summed E-state index contributed by atoms with van der Waals surface area (Å²) in [5.41, 5.74) is -0.00263. The van der Waals surface area contributed by atoms with Crippen LogP contribution in [0.15, 0.2) is 48.5 Å². The smallest absolute Gasteiger partial charge is 0.327 e. The molecule has 7 nitrogen and oxygen atoms in total. The lowest BCUT2D eigenvalue weighted by atomic mass is 9.76. The van der Waals surface area contributed by atoms with Crippen LogP contribution in [0.4, 0.5) is 0 Å². The molecule has 0 unspecified atom stereocenters. The van der Waals surface area contributed by atoms with Crippen LogP contribution in [0.3, 0.4) is 0 Å². The van der Waals surface area contributed by atoms with Gasteiger partial charge in [0.15, 0.2) is 0 Å². The zero-order valence-electron chi connectivity index (χ0n) is 16.4. The number of methoxy groups -OCH3 is 2. The molecule has 2 aliphatic rings. The summed E-state index contributed by atoms with van der Waals surface area (Å²) < 4.78 is 15.2. The highest BCUT2D eigenvalue weighted by atomic mass is 35.5. The third-order valence-corrected chi connectivity index (χ3v) is 6.10. The van der Waals surface area contributed by atoms with Gasteiger partial charge < -0.3 is 14.2 Å². The topological polar surface area (TPSA) is 90.9 Å². The summed E-state index contributed by atoms with van der Waals surface area (Å²) in [6, 6.07) is 13.6. The molecule has 0 bridgehead atoms. The quantitative estimate of drug-likeness (QED) is 0.576. The minimum atomic E-state index is -1.46. The summed E-state index contributed by atoms with van der Waals surface area (Å²) in [4.78, 5) is 38.3. The predicted molar refractivity (Wildman–Crippen MR) is 107 cm³/mol. The highest BCUT2D eigenvalue weighted by molar-refractivity contribution is 6.32. The van der Waals surface area contributed by atoms with Gasteiger partial charge in [0.25, 0.3) is 0 Å². The van der Waals surface area contributed by atoms with Crippen molar-refractivity contribution in [3.05, 3.63) is 64.7 Å². The van der Waals surface area contributed by atoms with Gasteiger partial charge in [0.1, 0.15) is 17.2 Å². The molecule has 2 fully saturated rings. The fourth-order valence-electron chi connectivity index (χ4n) is 4.49. The van der Waals surface area contributed by atoms with Crippen molar-refractivity contribution in [3.8, 4) is 5.75 Å². The molecule has 0 aliphatic carbocycles. The first kappa shape index (κ1) is 20.4. The Kier molecular flexibility index (Phi) is 5.26. The van der Waals surface area contributed by atoms with Crippen molar-refractivity contribution in [2.24, 2.45) is 11.8 Å². The minimum absolute atomic E-state index is 0.157. The molecular formula is C22H20ClNO6. The number of benzene rings is 2. The van der Waals surface area contributed by atoms with Crippen LogP contribution in [-0.4, -0.2) is 37.7 Å². The van der Waals surface area contributed by atoms with Crippen LogP contribution in [0, 0.1) is 11.8 Å². The fraction of sp³-hybridized carbons (Fsp3) is 0.318. The van der Waals surface area contributed by atoms with Gasteiger partial charge in [-0.1, -0.05) is 48.0 Å². The summed E-state index contributed by atoms with van der Waals surface area (Å²) >= 11 is 6.28. The molecule has 2 aromatic rings. The van der Waals surface area contributed by atoms with Gasteiger partial charge in [0.2, 0.25) is 0 Å². The van der Waals surface area contributed by atoms with E-state index in [1.165, 1.54) is 14.2 Å². The molecule has 0 radical (unpaired) electrons. The maximum Gasteiger partial charge on any atom is 0.327 e. The first-order valence-electron chi connectivity index (χ1n) is 9.40. The standard InChI is InChI=1S/C22H20ClNO6/c1-28-15-9-8-13(10-14(15)23)18-16-17(20(26)30-19(16)25)22(24-18,21(27)29-2)11-12-6-4-3-5-7-12/h3-10,16-18,24H,11H2,1-2H3/t16-,17-,18-,22-/m0/s1. The lowest BCUT2D eigenvalue weighted by Crippen LogP contribution is -2.56. The SMILES string of the molecule is COC(=O)[C@@]1(Cc2ccccc2)N[C@@H](c2ccc(OC)c(Cl)c2)[C@H]2C(=O)OC(=O)[C@H]21. The summed E-state index contributed by atoms with van der Waals surface area (Å²) in [5.74, 6) is -3.47. The molecule has 8 heteroatoms. The van der Waals surface area contributed by atoms with E-state index in [9.17, 15) is 14.4 Å². The Labute approximate surface area is 178 Å². The maximum absolute atomic E-state index is 13.0. The second kappa shape index (κ2) is 7.74. The van der Waals surface area contributed by atoms with Crippen LogP contribution in [-0.2, 0) is 30.3 Å². The molecule has 4 atom stereocenters. The molecule has 156 valence electrons. The van der Waals surface area contributed by atoms with E-state index >= 15 is 0 Å². The molecule has 4 rings (SSSR count). The number of fused-ring (bicyclic) bond motifs is 1. The highest BCUT2D eigenvalue weighted by Crippen LogP contribution is 2.50. The Morgan fingerprint density at radius 2 is 1.87 bits per heavy atom. The van der Waals surface area contributed by atoms with Crippen LogP contribution in [0.5, 0.6) is 5.75 Å². The van der Waals surface area contributed by atoms with E-state index in [1.54, 1.807) is 18.2 Å². The Morgan fingerprint density at radius 3 is 2.50 bits per heavy atom. The average molecular weight is 430 g/mol. The first-order chi connectivity index (χ1) is 14.4. The molecule has 2 aliphatic heterocycles. The third kappa shape index (κ3) is 3.14. The van der Waals surface area contributed by atoms with Crippen molar-refractivity contribution < 1.29 is 28.6 Å². The van der Waals surface area contributed by atoms with E-state index in [0.29, 0.717) is 16.3 Å². The highest BCUT2D eigenvalue weighted by Gasteiger charge is 2.68. The predicted octanol–water partition coefficient (Wildman–Crippen LogP) is 2.46. The van der Waals surface area contributed by atoms with E-state index in [0.717, 1.165) is 5.56 Å². The number of rotatable bonds is 5. The monoisotopic (exact) mass is 429 g/mol. The number of carbonyl (C=O) groups excluding carboxylic acids is 3. The number of hydrogen-bond donors (Lipinski definition) is 1. The molecule has 0 saturated carbocycles. The van der Waals surface area contributed by atoms with E-state index in [1.807, 2.05) is 30.3 Å². The van der Waals surface area contributed by atoms with Gasteiger partial charge in [-0.3, -0.25) is 19.7 Å². The van der Waals surface area contributed by atoms with Crippen molar-refractivity contribution in [2.75, 3.05) is 14.2 Å². The number of halogens is 1. The van der Waals surface area contributed by atoms with Gasteiger partial charge in [-0.15, -0.1) is 0 Å². The molecule has 30 heavy (non-hydrogen) atoms. The van der Waals surface area contributed by atoms with Gasteiger partial charge in [-0.05, 0) is 23.3 Å². The zero-order valence-corrected chi connectivity index (χ0v) is 17.1. The van der Waals surface area contributed by atoms with Crippen LogP contribution in [0.25, 0.3) is 0 Å². The second-order valence-electron chi connectivity index (χ2n) is 7.38. The molecule has 1 N–H and O–H groups in total. The summed E-state index contributed by atoms with van der Waals surface area (Å²) in [6.45, 7) is 0. The average Bonchev–Trinajstić information content (AvgIpc) is 3.25. The van der Waals surface area contributed by atoms with Crippen LogP contribution in [0.2, 0.25) is 5.02 Å². The Morgan fingerprint density at radius 1 is 1.13 bits per heavy atom. The van der Waals surface area contributed by atoms with Gasteiger partial charge in [0.05, 0.1) is 25.2 Å². The Bertz CT molecular complexity index is 1010. The third-order valence-electron chi connectivity index (χ3n) is 5.80. The van der Waals surface area contributed by atoms with Crippen LogP contribution >= 0.6 is 11.6 Å². The van der Waals surface area contributed by atoms with Crippen molar-refractivity contribution in [3.63, 3.8) is 0 Å². The number of esters is 3. The largest absolute Gasteiger partial charge is 0.495 e. The van der Waals surface area contributed by atoms with Crippen molar-refractivity contribution in [2.45, 2.75) is 18.0 Å². The molecule has 0 spiro atoms. The fourth-order valence-corrected chi connectivity index (χ4v) is 4.76. The maximum atomic E-state index is 13.0. The summed E-state index contributed by atoms with van der Waals surface area (Å²) in [5, 5.41) is 3.60. The number of ether oxygens (including phenoxy) is 3. The minimum Gasteiger partial charge on any atom is -0.495 e. The van der Waals surface area contributed by atoms with E-state index in [-0.39, 0.29) is 6.42 Å². The van der Waals surface area contributed by atoms with Crippen LogP contribution in [0.1, 0.15) is 17.2 Å². The number of cyclic esters (lactones) is 2. The Hall–Kier alpha value is -2.90. The lowest BCUT2D eigenvalue weighted by molar-refractivity contribution is -0.160. The Balaban J connectivity index is 1.82. The van der Waals surface area contributed by atoms with E-state index in [4.69, 9.17) is 25.8 Å². The molecule has 2 heterocycles.